The van der Waals surface area contributed by atoms with Crippen LogP contribution in [0.5, 0.6) is 0 Å². The molecule has 0 saturated carbocycles. The molecule has 0 fully saturated rings. The number of aromatic nitrogens is 2. The number of nitrogens with two attached hydrogens (primary N) is 1. The van der Waals surface area contributed by atoms with E-state index in [-0.39, 0.29) is 16.9 Å². The van der Waals surface area contributed by atoms with Crippen LogP contribution in [-0.4, -0.2) is 31.3 Å². The minimum absolute atomic E-state index is 0.0968. The van der Waals surface area contributed by atoms with Crippen molar-refractivity contribution in [3.05, 3.63) is 65.2 Å². The molecule has 1 atom stereocenters. The van der Waals surface area contributed by atoms with Crippen LogP contribution in [0.1, 0.15) is 12.5 Å². The van der Waals surface area contributed by atoms with Gasteiger partial charge in [-0.25, -0.2) is 18.4 Å². The van der Waals surface area contributed by atoms with Crippen molar-refractivity contribution >= 4 is 37.7 Å². The molecule has 4 rings (SSSR count). The fourth-order valence-electron chi connectivity index (χ4n) is 3.46. The summed E-state index contributed by atoms with van der Waals surface area (Å²) < 4.78 is 30.0. The summed E-state index contributed by atoms with van der Waals surface area (Å²) in [5.74, 6) is -0.613. The number of ether oxygens (including phenoxy) is 1. The van der Waals surface area contributed by atoms with Gasteiger partial charge >= 0.3 is 5.97 Å². The largest absolute Gasteiger partial charge is 0.466 e. The van der Waals surface area contributed by atoms with Crippen molar-refractivity contribution < 1.29 is 17.9 Å². The van der Waals surface area contributed by atoms with Crippen LogP contribution in [0.15, 0.2) is 65.2 Å². The number of hydrogen-bond acceptors (Lipinski definition) is 5. The normalized spacial score (nSPS) is 17.6. The lowest BCUT2D eigenvalue weighted by Crippen LogP contribution is -2.24. The highest BCUT2D eigenvalue weighted by Gasteiger charge is 2.30. The molecular formula is C19H17N3O4S. The van der Waals surface area contributed by atoms with Gasteiger partial charge in [-0.2, -0.15) is 5.10 Å². The van der Waals surface area contributed by atoms with Gasteiger partial charge in [0.1, 0.15) is 0 Å². The molecule has 8 heteroatoms. The number of nitrogens with zero attached hydrogens (tertiary/aromatic N) is 2. The molecule has 0 saturated heterocycles. The summed E-state index contributed by atoms with van der Waals surface area (Å²) in [6.07, 6.45) is 4.77. The van der Waals surface area contributed by atoms with E-state index in [4.69, 9.17) is 9.88 Å². The van der Waals surface area contributed by atoms with Gasteiger partial charge in [-0.3, -0.25) is 4.68 Å². The molecule has 138 valence electrons. The smallest absolute Gasteiger partial charge is 0.335 e. The molecule has 3 aromatic rings. The average Bonchev–Trinajstić information content (AvgIpc) is 3.10. The van der Waals surface area contributed by atoms with E-state index in [2.05, 4.69) is 5.10 Å². The van der Waals surface area contributed by atoms with Gasteiger partial charge in [0.25, 0.3) is 0 Å². The SMILES string of the molecule is COC(=O)C1=CC(S(N)(=O)=O)=CCC1n1ncc2ccc3ccccc3c21. The predicted octanol–water partition coefficient (Wildman–Crippen LogP) is 2.41. The fourth-order valence-corrected chi connectivity index (χ4v) is 4.08. The van der Waals surface area contributed by atoms with E-state index in [0.717, 1.165) is 21.7 Å². The zero-order valence-corrected chi connectivity index (χ0v) is 15.3. The maximum Gasteiger partial charge on any atom is 0.335 e. The summed E-state index contributed by atoms with van der Waals surface area (Å²) in [4.78, 5) is 12.3. The van der Waals surface area contributed by atoms with Crippen LogP contribution in [-0.2, 0) is 19.6 Å². The Morgan fingerprint density at radius 1 is 1.22 bits per heavy atom. The number of sulfonamides is 1. The quantitative estimate of drug-likeness (QED) is 0.700. The number of allylic oxidation sites excluding steroid dienone is 2. The molecule has 1 unspecified atom stereocenters. The van der Waals surface area contributed by atoms with Crippen LogP contribution in [0.2, 0.25) is 0 Å². The zero-order valence-electron chi connectivity index (χ0n) is 14.5. The van der Waals surface area contributed by atoms with Crippen LogP contribution < -0.4 is 5.14 Å². The molecule has 7 nitrogen and oxygen atoms in total. The number of methoxy groups -OCH3 is 1. The van der Waals surface area contributed by atoms with E-state index in [1.54, 1.807) is 10.9 Å². The molecule has 0 aliphatic heterocycles. The van der Waals surface area contributed by atoms with Crippen molar-refractivity contribution in [1.29, 1.82) is 0 Å². The Kier molecular flexibility index (Phi) is 4.09. The van der Waals surface area contributed by atoms with Crippen molar-refractivity contribution in [1.82, 2.24) is 9.78 Å². The highest BCUT2D eigenvalue weighted by Crippen LogP contribution is 2.35. The standard InChI is InChI=1S/C19H17N3O4S/c1-26-19(23)16-10-14(27(20,24)25)8-9-17(16)22-18-13(11-21-22)7-6-12-4-2-3-5-15(12)18/h2-8,10-11,17H,9H2,1H3,(H2,20,24,25). The number of fused-ring (bicyclic) bond motifs is 3. The number of benzene rings is 2. The predicted molar refractivity (Wildman–Crippen MR) is 102 cm³/mol. The zero-order chi connectivity index (χ0) is 19.2. The van der Waals surface area contributed by atoms with E-state index >= 15 is 0 Å². The summed E-state index contributed by atoms with van der Waals surface area (Å²) >= 11 is 0. The summed E-state index contributed by atoms with van der Waals surface area (Å²) in [7, 11) is -2.67. The van der Waals surface area contributed by atoms with Crippen molar-refractivity contribution in [3.8, 4) is 0 Å². The summed E-state index contributed by atoms with van der Waals surface area (Å²) in [6.45, 7) is 0. The Labute approximate surface area is 155 Å². The monoisotopic (exact) mass is 383 g/mol. The lowest BCUT2D eigenvalue weighted by molar-refractivity contribution is -0.136. The van der Waals surface area contributed by atoms with E-state index in [1.807, 2.05) is 36.4 Å². The maximum atomic E-state index is 12.4. The Hall–Kier alpha value is -2.97. The van der Waals surface area contributed by atoms with Crippen LogP contribution in [0, 0.1) is 0 Å². The molecule has 1 aliphatic carbocycles. The number of hydrogen-bond donors (Lipinski definition) is 1. The summed E-state index contributed by atoms with van der Waals surface area (Å²) in [5, 5.41) is 12.7. The van der Waals surface area contributed by atoms with Gasteiger partial charge in [-0.15, -0.1) is 0 Å². The van der Waals surface area contributed by atoms with Gasteiger partial charge in [0.05, 0.1) is 35.3 Å². The number of esters is 1. The van der Waals surface area contributed by atoms with Gasteiger partial charge in [0.15, 0.2) is 0 Å². The summed E-state index contributed by atoms with van der Waals surface area (Å²) in [6, 6.07) is 11.4. The third kappa shape index (κ3) is 2.92. The molecule has 0 amide bonds. The maximum absolute atomic E-state index is 12.4. The Morgan fingerprint density at radius 3 is 2.70 bits per heavy atom. The first-order valence-electron chi connectivity index (χ1n) is 8.28. The van der Waals surface area contributed by atoms with E-state index < -0.39 is 22.0 Å². The summed E-state index contributed by atoms with van der Waals surface area (Å²) in [5.41, 5.74) is 1.07. The van der Waals surface area contributed by atoms with E-state index in [9.17, 15) is 13.2 Å². The molecule has 1 aliphatic rings. The number of rotatable bonds is 3. The van der Waals surface area contributed by atoms with Crippen molar-refractivity contribution in [3.63, 3.8) is 0 Å². The van der Waals surface area contributed by atoms with Crippen LogP contribution in [0.4, 0.5) is 0 Å². The van der Waals surface area contributed by atoms with Crippen LogP contribution in [0.25, 0.3) is 21.7 Å². The van der Waals surface area contributed by atoms with E-state index in [0.29, 0.717) is 0 Å². The molecule has 0 radical (unpaired) electrons. The van der Waals surface area contributed by atoms with Crippen LogP contribution >= 0.6 is 0 Å². The lowest BCUT2D eigenvalue weighted by Gasteiger charge is -2.23. The Morgan fingerprint density at radius 2 is 1.96 bits per heavy atom. The molecular weight excluding hydrogens is 366 g/mol. The van der Waals surface area contributed by atoms with E-state index in [1.165, 1.54) is 19.3 Å². The van der Waals surface area contributed by atoms with Gasteiger partial charge < -0.3 is 4.74 Å². The topological polar surface area (TPSA) is 104 Å². The number of primary sulfonamides is 1. The van der Waals surface area contributed by atoms with Crippen molar-refractivity contribution in [2.24, 2.45) is 5.14 Å². The minimum Gasteiger partial charge on any atom is -0.466 e. The first-order valence-corrected chi connectivity index (χ1v) is 9.82. The number of carbonyl (C=O) groups is 1. The first kappa shape index (κ1) is 17.4. The second kappa shape index (κ2) is 6.33. The van der Waals surface area contributed by atoms with Crippen molar-refractivity contribution in [2.75, 3.05) is 7.11 Å². The molecule has 1 heterocycles. The Bertz CT molecular complexity index is 1240. The molecule has 2 N–H and O–H groups in total. The Balaban J connectivity index is 1.93. The molecule has 2 aromatic carbocycles. The first-order chi connectivity index (χ1) is 12.9. The minimum atomic E-state index is -3.92. The number of carbonyl (C=O) groups excluding carboxylic acids is 1. The molecule has 27 heavy (non-hydrogen) atoms. The van der Waals surface area contributed by atoms with Crippen LogP contribution in [0.3, 0.4) is 0 Å². The van der Waals surface area contributed by atoms with Crippen molar-refractivity contribution in [2.45, 2.75) is 12.5 Å². The second-order valence-electron chi connectivity index (χ2n) is 6.31. The molecule has 0 bridgehead atoms. The van der Waals surface area contributed by atoms with Gasteiger partial charge in [0, 0.05) is 10.8 Å². The third-order valence-electron chi connectivity index (χ3n) is 4.73. The third-order valence-corrected chi connectivity index (χ3v) is 5.67. The van der Waals surface area contributed by atoms with Gasteiger partial charge in [0.2, 0.25) is 10.0 Å². The molecule has 0 spiro atoms. The average molecular weight is 383 g/mol. The molecule has 1 aromatic heterocycles. The highest BCUT2D eigenvalue weighted by molar-refractivity contribution is 7.93. The fraction of sp³-hybridized carbons (Fsp3) is 0.158. The highest BCUT2D eigenvalue weighted by atomic mass is 32.2. The van der Waals surface area contributed by atoms with Gasteiger partial charge in [-0.05, 0) is 17.9 Å². The van der Waals surface area contributed by atoms with Gasteiger partial charge in [-0.1, -0.05) is 42.5 Å². The lowest BCUT2D eigenvalue weighted by atomic mass is 9.98. The second-order valence-corrected chi connectivity index (χ2v) is 7.87.